The Morgan fingerprint density at radius 3 is 2.33 bits per heavy atom. The first kappa shape index (κ1) is 21.9. The molecule has 0 saturated heterocycles. The number of halogens is 5. The summed E-state index contributed by atoms with van der Waals surface area (Å²) in [5.41, 5.74) is -0.686. The summed E-state index contributed by atoms with van der Waals surface area (Å²) in [5, 5.41) is 0.115. The quantitative estimate of drug-likeness (QED) is 0.415. The molecule has 3 rings (SSSR count). The molecule has 0 fully saturated rings. The SMILES string of the molecule is CC(C)C[C@H](C)COc1ccc(-c2ncnc3cc(F)c(F)cc23)cc1C(F)(F)F. The summed E-state index contributed by atoms with van der Waals surface area (Å²) in [6.07, 6.45) is -2.73. The van der Waals surface area contributed by atoms with Gasteiger partial charge in [-0.15, -0.1) is 0 Å². The van der Waals surface area contributed by atoms with Crippen LogP contribution < -0.4 is 4.74 Å². The Kier molecular flexibility index (Phi) is 6.24. The number of rotatable bonds is 6. The molecule has 0 aliphatic rings. The highest BCUT2D eigenvalue weighted by molar-refractivity contribution is 5.92. The van der Waals surface area contributed by atoms with E-state index in [0.29, 0.717) is 5.92 Å². The van der Waals surface area contributed by atoms with Crippen LogP contribution in [0, 0.1) is 23.5 Å². The van der Waals surface area contributed by atoms with Gasteiger partial charge in [-0.05, 0) is 42.5 Å². The minimum absolute atomic E-state index is 0.0733. The molecule has 0 amide bonds. The molecular weight excluding hydrogens is 403 g/mol. The van der Waals surface area contributed by atoms with E-state index < -0.39 is 23.4 Å². The molecule has 0 saturated carbocycles. The fourth-order valence-corrected chi connectivity index (χ4v) is 3.41. The number of hydrogen-bond acceptors (Lipinski definition) is 3. The van der Waals surface area contributed by atoms with Crippen molar-refractivity contribution in [2.24, 2.45) is 11.8 Å². The molecule has 0 unspecified atom stereocenters. The normalized spacial score (nSPS) is 13.1. The van der Waals surface area contributed by atoms with Crippen molar-refractivity contribution in [1.82, 2.24) is 9.97 Å². The number of ether oxygens (including phenoxy) is 1. The van der Waals surface area contributed by atoms with Gasteiger partial charge in [0, 0.05) is 17.0 Å². The van der Waals surface area contributed by atoms with Crippen molar-refractivity contribution in [2.75, 3.05) is 6.61 Å². The van der Waals surface area contributed by atoms with Crippen molar-refractivity contribution in [2.45, 2.75) is 33.4 Å². The summed E-state index contributed by atoms with van der Waals surface area (Å²) in [6, 6.07) is 5.32. The van der Waals surface area contributed by atoms with Crippen LogP contribution >= 0.6 is 0 Å². The van der Waals surface area contributed by atoms with E-state index in [2.05, 4.69) is 9.97 Å². The lowest BCUT2D eigenvalue weighted by Crippen LogP contribution is -2.14. The van der Waals surface area contributed by atoms with Gasteiger partial charge in [-0.2, -0.15) is 13.2 Å². The van der Waals surface area contributed by atoms with Gasteiger partial charge in [-0.3, -0.25) is 0 Å². The van der Waals surface area contributed by atoms with E-state index in [1.54, 1.807) is 0 Å². The van der Waals surface area contributed by atoms with Crippen LogP contribution in [0.1, 0.15) is 32.8 Å². The molecule has 8 heteroatoms. The summed E-state index contributed by atoms with van der Waals surface area (Å²) in [4.78, 5) is 7.86. The summed E-state index contributed by atoms with van der Waals surface area (Å²) >= 11 is 0. The van der Waals surface area contributed by atoms with Crippen LogP contribution in [0.2, 0.25) is 0 Å². The molecule has 0 N–H and O–H groups in total. The second-order valence-corrected chi connectivity index (χ2v) is 7.76. The average Bonchev–Trinajstić information content (AvgIpc) is 2.65. The minimum atomic E-state index is -4.66. The predicted octanol–water partition coefficient (Wildman–Crippen LogP) is 6.65. The van der Waals surface area contributed by atoms with Crippen molar-refractivity contribution >= 4 is 10.9 Å². The van der Waals surface area contributed by atoms with Gasteiger partial charge in [0.05, 0.1) is 23.4 Å². The van der Waals surface area contributed by atoms with Crippen molar-refractivity contribution in [3.8, 4) is 17.0 Å². The average molecular weight is 424 g/mol. The first-order valence-electron chi connectivity index (χ1n) is 9.50. The molecule has 1 heterocycles. The molecule has 3 nitrogen and oxygen atoms in total. The molecule has 0 aliphatic carbocycles. The number of alkyl halides is 3. The fourth-order valence-electron chi connectivity index (χ4n) is 3.41. The number of fused-ring (bicyclic) bond motifs is 1. The lowest BCUT2D eigenvalue weighted by Gasteiger charge is -2.19. The molecule has 30 heavy (non-hydrogen) atoms. The third-order valence-electron chi connectivity index (χ3n) is 4.63. The Labute approximate surface area is 170 Å². The zero-order valence-corrected chi connectivity index (χ0v) is 16.7. The highest BCUT2D eigenvalue weighted by Gasteiger charge is 2.35. The number of aromatic nitrogens is 2. The first-order valence-corrected chi connectivity index (χ1v) is 9.50. The Morgan fingerprint density at radius 1 is 0.967 bits per heavy atom. The second kappa shape index (κ2) is 8.53. The third kappa shape index (κ3) is 4.86. The highest BCUT2D eigenvalue weighted by Crippen LogP contribution is 2.39. The number of benzene rings is 2. The first-order chi connectivity index (χ1) is 14.1. The Morgan fingerprint density at radius 2 is 1.67 bits per heavy atom. The standard InChI is InChI=1S/C22H21F5N2O/c1-12(2)6-13(3)10-30-20-5-4-14(7-16(20)22(25,26)27)21-15-8-17(23)18(24)9-19(15)28-11-29-21/h4-5,7-9,11-13H,6,10H2,1-3H3/t13-/m0/s1. The number of nitrogens with zero attached hydrogens (tertiary/aromatic N) is 2. The van der Waals surface area contributed by atoms with Crippen LogP contribution in [-0.2, 0) is 6.18 Å². The van der Waals surface area contributed by atoms with Gasteiger partial charge in [-0.1, -0.05) is 20.8 Å². The van der Waals surface area contributed by atoms with Crippen LogP contribution in [-0.4, -0.2) is 16.6 Å². The van der Waals surface area contributed by atoms with Crippen molar-refractivity contribution in [3.63, 3.8) is 0 Å². The third-order valence-corrected chi connectivity index (χ3v) is 4.63. The minimum Gasteiger partial charge on any atom is -0.493 e. The van der Waals surface area contributed by atoms with E-state index in [1.807, 2.05) is 20.8 Å². The van der Waals surface area contributed by atoms with Gasteiger partial charge in [0.2, 0.25) is 0 Å². The lowest BCUT2D eigenvalue weighted by atomic mass is 9.99. The van der Waals surface area contributed by atoms with E-state index in [-0.39, 0.29) is 40.4 Å². The lowest BCUT2D eigenvalue weighted by molar-refractivity contribution is -0.139. The summed E-state index contributed by atoms with van der Waals surface area (Å²) < 4.78 is 73.7. The maximum Gasteiger partial charge on any atom is 0.419 e. The molecular formula is C22H21F5N2O. The molecule has 0 spiro atoms. The van der Waals surface area contributed by atoms with E-state index in [9.17, 15) is 22.0 Å². The maximum absolute atomic E-state index is 13.7. The smallest absolute Gasteiger partial charge is 0.419 e. The van der Waals surface area contributed by atoms with Crippen LogP contribution in [0.5, 0.6) is 5.75 Å². The molecule has 3 aromatic rings. The van der Waals surface area contributed by atoms with Gasteiger partial charge >= 0.3 is 6.18 Å². The predicted molar refractivity (Wildman–Crippen MR) is 104 cm³/mol. The fraction of sp³-hybridized carbons (Fsp3) is 0.364. The van der Waals surface area contributed by atoms with Crippen molar-refractivity contribution in [3.05, 3.63) is 53.9 Å². The van der Waals surface area contributed by atoms with Gasteiger partial charge in [0.25, 0.3) is 0 Å². The van der Waals surface area contributed by atoms with Gasteiger partial charge in [-0.25, -0.2) is 18.7 Å². The summed E-state index contributed by atoms with van der Waals surface area (Å²) in [7, 11) is 0. The molecule has 160 valence electrons. The van der Waals surface area contributed by atoms with E-state index in [0.717, 1.165) is 30.9 Å². The Hall–Kier alpha value is -2.77. The molecule has 1 atom stereocenters. The van der Waals surface area contributed by atoms with Crippen LogP contribution in [0.15, 0.2) is 36.7 Å². The molecule has 1 aromatic heterocycles. The Balaban J connectivity index is 2.02. The largest absolute Gasteiger partial charge is 0.493 e. The van der Waals surface area contributed by atoms with Gasteiger partial charge in [0.1, 0.15) is 12.1 Å². The zero-order valence-electron chi connectivity index (χ0n) is 16.7. The van der Waals surface area contributed by atoms with Crippen LogP contribution in [0.3, 0.4) is 0 Å². The molecule has 2 aromatic carbocycles. The van der Waals surface area contributed by atoms with Gasteiger partial charge < -0.3 is 4.74 Å². The van der Waals surface area contributed by atoms with Crippen molar-refractivity contribution < 1.29 is 26.7 Å². The van der Waals surface area contributed by atoms with E-state index in [1.165, 1.54) is 12.1 Å². The summed E-state index contributed by atoms with van der Waals surface area (Å²) in [5.74, 6) is -2.01. The van der Waals surface area contributed by atoms with Crippen LogP contribution in [0.25, 0.3) is 22.2 Å². The Bertz CT molecular complexity index is 1050. The summed E-state index contributed by atoms with van der Waals surface area (Å²) in [6.45, 7) is 6.14. The van der Waals surface area contributed by atoms with Crippen LogP contribution in [0.4, 0.5) is 22.0 Å². The molecule has 0 radical (unpaired) electrons. The van der Waals surface area contributed by atoms with Gasteiger partial charge in [0.15, 0.2) is 11.6 Å². The highest BCUT2D eigenvalue weighted by atomic mass is 19.4. The maximum atomic E-state index is 13.7. The zero-order chi connectivity index (χ0) is 22.1. The number of hydrogen-bond donors (Lipinski definition) is 0. The van der Waals surface area contributed by atoms with Crippen molar-refractivity contribution in [1.29, 1.82) is 0 Å². The second-order valence-electron chi connectivity index (χ2n) is 7.76. The monoisotopic (exact) mass is 424 g/mol. The van der Waals surface area contributed by atoms with E-state index >= 15 is 0 Å². The molecule has 0 aliphatic heterocycles. The molecule has 0 bridgehead atoms. The van der Waals surface area contributed by atoms with E-state index in [4.69, 9.17) is 4.74 Å². The topological polar surface area (TPSA) is 35.0 Å².